The molecule has 24 heavy (non-hydrogen) atoms. The minimum absolute atomic E-state index is 0.0813. The molecular weight excluding hydrogens is 300 g/mol. The summed E-state index contributed by atoms with van der Waals surface area (Å²) in [5.74, 6) is 0.111. The number of piperazine rings is 1. The lowest BCUT2D eigenvalue weighted by atomic mass is 10.0. The van der Waals surface area contributed by atoms with Crippen molar-refractivity contribution in [3.8, 4) is 0 Å². The maximum Gasteiger partial charge on any atom is 0.227 e. The average molecular weight is 332 g/mol. The van der Waals surface area contributed by atoms with Crippen LogP contribution in [0.4, 0.5) is 0 Å². The Morgan fingerprint density at radius 3 is 2.38 bits per heavy atom. The number of hydrogen-bond acceptors (Lipinski definition) is 4. The largest absolute Gasteiger partial charge is 0.340 e. The zero-order valence-corrected chi connectivity index (χ0v) is 15.3. The molecule has 5 heteroatoms. The maximum absolute atomic E-state index is 12.3. The lowest BCUT2D eigenvalue weighted by Gasteiger charge is -2.37. The van der Waals surface area contributed by atoms with Gasteiger partial charge in [0.1, 0.15) is 0 Å². The third-order valence-corrected chi connectivity index (χ3v) is 4.96. The van der Waals surface area contributed by atoms with Gasteiger partial charge < -0.3 is 15.5 Å². The van der Waals surface area contributed by atoms with Crippen LogP contribution in [0.25, 0.3) is 0 Å². The minimum atomic E-state index is -0.0893. The zero-order valence-electron chi connectivity index (χ0n) is 15.3. The van der Waals surface area contributed by atoms with E-state index in [1.807, 2.05) is 18.7 Å². The molecule has 1 aliphatic rings. The molecule has 0 aromatic heterocycles. The quantitative estimate of drug-likeness (QED) is 0.816. The van der Waals surface area contributed by atoms with Gasteiger partial charge in [0.15, 0.2) is 0 Å². The van der Waals surface area contributed by atoms with Crippen LogP contribution in [0.2, 0.25) is 0 Å². The van der Waals surface area contributed by atoms with E-state index in [2.05, 4.69) is 47.2 Å². The Kier molecular flexibility index (Phi) is 7.21. The lowest BCUT2D eigenvalue weighted by molar-refractivity contribution is -0.137. The van der Waals surface area contributed by atoms with Crippen LogP contribution in [0.15, 0.2) is 30.3 Å². The van der Waals surface area contributed by atoms with E-state index in [9.17, 15) is 4.79 Å². The molecule has 2 unspecified atom stereocenters. The van der Waals surface area contributed by atoms with Gasteiger partial charge in [0.2, 0.25) is 5.91 Å². The van der Waals surface area contributed by atoms with E-state index in [4.69, 9.17) is 5.73 Å². The molecule has 134 valence electrons. The van der Waals surface area contributed by atoms with E-state index in [0.29, 0.717) is 0 Å². The Morgan fingerprint density at radius 1 is 1.17 bits per heavy atom. The summed E-state index contributed by atoms with van der Waals surface area (Å²) in [5.41, 5.74) is 7.20. The summed E-state index contributed by atoms with van der Waals surface area (Å²) in [6.07, 6.45) is 0. The molecule has 2 atom stereocenters. The molecule has 1 amide bonds. The summed E-state index contributed by atoms with van der Waals surface area (Å²) in [4.78, 5) is 19.1. The van der Waals surface area contributed by atoms with Gasteiger partial charge in [0.25, 0.3) is 0 Å². The Morgan fingerprint density at radius 2 is 1.79 bits per heavy atom. The summed E-state index contributed by atoms with van der Waals surface area (Å²) >= 11 is 0. The molecule has 2 N–H and O–H groups in total. The summed E-state index contributed by atoms with van der Waals surface area (Å²) in [6.45, 7) is 10.4. The van der Waals surface area contributed by atoms with Gasteiger partial charge >= 0.3 is 0 Å². The molecule has 0 aliphatic carbocycles. The van der Waals surface area contributed by atoms with E-state index in [1.165, 1.54) is 5.56 Å². The summed E-state index contributed by atoms with van der Waals surface area (Å²) in [5, 5.41) is 0. The molecule has 1 aromatic carbocycles. The number of carbonyl (C=O) groups excluding carboxylic acids is 1. The second-order valence-electron chi connectivity index (χ2n) is 7.04. The molecule has 1 heterocycles. The van der Waals surface area contributed by atoms with Gasteiger partial charge in [-0.3, -0.25) is 9.69 Å². The second-order valence-corrected chi connectivity index (χ2v) is 7.04. The van der Waals surface area contributed by atoms with Crippen molar-refractivity contribution in [1.29, 1.82) is 0 Å². The standard InChI is InChI=1S/C19H32N4O/c1-16(17(2)20)19(24)23-13-11-22(12-14-23)10-9-21(3)15-18-7-5-4-6-8-18/h4-8,16-17H,9-15,20H2,1-3H3. The van der Waals surface area contributed by atoms with Crippen LogP contribution in [-0.2, 0) is 11.3 Å². The molecular formula is C19H32N4O. The van der Waals surface area contributed by atoms with Gasteiger partial charge in [-0.2, -0.15) is 0 Å². The van der Waals surface area contributed by atoms with Crippen molar-refractivity contribution in [2.45, 2.75) is 26.4 Å². The fourth-order valence-electron chi connectivity index (χ4n) is 2.99. The van der Waals surface area contributed by atoms with Gasteiger partial charge in [-0.05, 0) is 19.5 Å². The van der Waals surface area contributed by atoms with Crippen LogP contribution < -0.4 is 5.73 Å². The van der Waals surface area contributed by atoms with Gasteiger partial charge in [-0.15, -0.1) is 0 Å². The molecule has 1 aromatic rings. The Labute approximate surface area is 146 Å². The zero-order chi connectivity index (χ0) is 17.5. The second kappa shape index (κ2) is 9.16. The molecule has 0 bridgehead atoms. The first-order valence-corrected chi connectivity index (χ1v) is 8.96. The fraction of sp³-hybridized carbons (Fsp3) is 0.632. The molecule has 1 fully saturated rings. The van der Waals surface area contributed by atoms with Gasteiger partial charge in [0, 0.05) is 51.9 Å². The topological polar surface area (TPSA) is 52.8 Å². The summed E-state index contributed by atoms with van der Waals surface area (Å²) in [6, 6.07) is 10.5. The highest BCUT2D eigenvalue weighted by molar-refractivity contribution is 5.79. The first-order valence-electron chi connectivity index (χ1n) is 8.96. The Hall–Kier alpha value is -1.43. The van der Waals surface area contributed by atoms with Gasteiger partial charge in [-0.25, -0.2) is 0 Å². The summed E-state index contributed by atoms with van der Waals surface area (Å²) < 4.78 is 0. The van der Waals surface area contributed by atoms with Crippen LogP contribution in [0.3, 0.4) is 0 Å². The van der Waals surface area contributed by atoms with E-state index in [0.717, 1.165) is 45.8 Å². The minimum Gasteiger partial charge on any atom is -0.340 e. The maximum atomic E-state index is 12.3. The Bertz CT molecular complexity index is 497. The van der Waals surface area contributed by atoms with Gasteiger partial charge in [0.05, 0.1) is 5.92 Å². The number of amides is 1. The molecule has 0 radical (unpaired) electrons. The Balaban J connectivity index is 1.68. The van der Waals surface area contributed by atoms with Crippen molar-refractivity contribution in [3.63, 3.8) is 0 Å². The van der Waals surface area contributed by atoms with Crippen molar-refractivity contribution in [1.82, 2.24) is 14.7 Å². The van der Waals surface area contributed by atoms with Crippen LogP contribution in [0.5, 0.6) is 0 Å². The molecule has 1 aliphatic heterocycles. The summed E-state index contributed by atoms with van der Waals surface area (Å²) in [7, 11) is 2.16. The predicted octanol–water partition coefficient (Wildman–Crippen LogP) is 1.25. The van der Waals surface area contributed by atoms with Gasteiger partial charge in [-0.1, -0.05) is 37.3 Å². The van der Waals surface area contributed by atoms with Crippen molar-refractivity contribution >= 4 is 5.91 Å². The highest BCUT2D eigenvalue weighted by Gasteiger charge is 2.26. The number of nitrogens with zero attached hydrogens (tertiary/aromatic N) is 3. The number of carbonyl (C=O) groups is 1. The monoisotopic (exact) mass is 332 g/mol. The number of hydrogen-bond donors (Lipinski definition) is 1. The molecule has 0 spiro atoms. The van der Waals surface area contributed by atoms with Crippen LogP contribution in [0.1, 0.15) is 19.4 Å². The van der Waals surface area contributed by atoms with E-state index in [1.54, 1.807) is 0 Å². The normalized spacial score (nSPS) is 18.6. The average Bonchev–Trinajstić information content (AvgIpc) is 2.60. The molecule has 2 rings (SSSR count). The number of nitrogens with two attached hydrogens (primary N) is 1. The van der Waals surface area contributed by atoms with Crippen LogP contribution >= 0.6 is 0 Å². The first-order chi connectivity index (χ1) is 11.5. The highest BCUT2D eigenvalue weighted by Crippen LogP contribution is 2.10. The van der Waals surface area contributed by atoms with Crippen molar-refractivity contribution in [2.24, 2.45) is 11.7 Å². The van der Waals surface area contributed by atoms with Crippen molar-refractivity contribution in [2.75, 3.05) is 46.3 Å². The van der Waals surface area contributed by atoms with E-state index < -0.39 is 0 Å². The third-order valence-electron chi connectivity index (χ3n) is 4.96. The van der Waals surface area contributed by atoms with Crippen LogP contribution in [0, 0.1) is 5.92 Å². The fourth-order valence-corrected chi connectivity index (χ4v) is 2.99. The van der Waals surface area contributed by atoms with Crippen molar-refractivity contribution in [3.05, 3.63) is 35.9 Å². The molecule has 0 saturated carbocycles. The first kappa shape index (κ1) is 18.9. The highest BCUT2D eigenvalue weighted by atomic mass is 16.2. The van der Waals surface area contributed by atoms with Crippen molar-refractivity contribution < 1.29 is 4.79 Å². The number of benzene rings is 1. The third kappa shape index (κ3) is 5.58. The SMILES string of the molecule is CC(N)C(C)C(=O)N1CCN(CCN(C)Cc2ccccc2)CC1. The van der Waals surface area contributed by atoms with E-state index in [-0.39, 0.29) is 17.9 Å². The van der Waals surface area contributed by atoms with E-state index >= 15 is 0 Å². The molecule has 5 nitrogen and oxygen atoms in total. The smallest absolute Gasteiger partial charge is 0.227 e. The predicted molar refractivity (Wildman–Crippen MR) is 98.6 cm³/mol. The lowest BCUT2D eigenvalue weighted by Crippen LogP contribution is -2.52. The number of likely N-dealkylation sites (N-methyl/N-ethyl adjacent to an activating group) is 1. The number of rotatable bonds is 7. The van der Waals surface area contributed by atoms with Crippen LogP contribution in [-0.4, -0.2) is 73.0 Å². The molecule has 1 saturated heterocycles.